The van der Waals surface area contributed by atoms with E-state index in [0.29, 0.717) is 17.2 Å². The second-order valence-electron chi connectivity index (χ2n) is 5.16. The van der Waals surface area contributed by atoms with Gasteiger partial charge >= 0.3 is 0 Å². The van der Waals surface area contributed by atoms with Gasteiger partial charge in [0.2, 0.25) is 10.0 Å². The Morgan fingerprint density at radius 1 is 1.26 bits per heavy atom. The maximum absolute atomic E-state index is 12.4. The predicted octanol–water partition coefficient (Wildman–Crippen LogP) is 0.994. The largest absolute Gasteiger partial charge is 0.317 e. The molecule has 2 rings (SSSR count). The number of nitro benzene ring substituents is 1. The molecule has 0 fully saturated rings. The molecule has 0 amide bonds. The number of aryl methyl sites for hydroxylation is 1. The third kappa shape index (κ3) is 3.90. The van der Waals surface area contributed by atoms with E-state index < -0.39 is 14.9 Å². The number of benzene rings is 1. The van der Waals surface area contributed by atoms with Gasteiger partial charge in [-0.2, -0.15) is 4.31 Å². The van der Waals surface area contributed by atoms with Crippen molar-refractivity contribution in [1.82, 2.24) is 19.1 Å². The van der Waals surface area contributed by atoms with Gasteiger partial charge in [-0.15, -0.1) is 10.2 Å². The van der Waals surface area contributed by atoms with Crippen molar-refractivity contribution in [2.45, 2.75) is 19.2 Å². The van der Waals surface area contributed by atoms with E-state index in [2.05, 4.69) is 10.2 Å². The Balaban J connectivity index is 2.11. The normalized spacial score (nSPS) is 11.8. The van der Waals surface area contributed by atoms with Crippen molar-refractivity contribution in [2.24, 2.45) is 7.05 Å². The third-order valence-corrected chi connectivity index (χ3v) is 5.29. The van der Waals surface area contributed by atoms with Crippen LogP contribution in [0, 0.1) is 17.0 Å². The Morgan fingerprint density at radius 2 is 1.87 bits per heavy atom. The summed E-state index contributed by atoms with van der Waals surface area (Å²) in [6.07, 6.45) is 0. The van der Waals surface area contributed by atoms with Crippen LogP contribution >= 0.6 is 0 Å². The van der Waals surface area contributed by atoms with Crippen LogP contribution in [0.1, 0.15) is 17.2 Å². The van der Waals surface area contributed by atoms with Crippen molar-refractivity contribution in [2.75, 3.05) is 7.05 Å². The van der Waals surface area contributed by atoms with Crippen LogP contribution in [0.15, 0.2) is 24.3 Å². The number of hydrogen-bond acceptors (Lipinski definition) is 6. The molecule has 0 unspecified atom stereocenters. The van der Waals surface area contributed by atoms with E-state index in [0.717, 1.165) is 0 Å². The molecule has 0 spiro atoms. The smallest absolute Gasteiger partial charge is 0.269 e. The molecular weight excluding hydrogens is 322 g/mol. The minimum atomic E-state index is -3.57. The summed E-state index contributed by atoms with van der Waals surface area (Å²) in [6.45, 7) is 1.88. The van der Waals surface area contributed by atoms with Gasteiger partial charge < -0.3 is 4.57 Å². The highest BCUT2D eigenvalue weighted by Crippen LogP contribution is 2.16. The maximum Gasteiger partial charge on any atom is 0.269 e. The van der Waals surface area contributed by atoms with Crippen LogP contribution in [0.2, 0.25) is 0 Å². The summed E-state index contributed by atoms with van der Waals surface area (Å²) in [4.78, 5) is 10.1. The lowest BCUT2D eigenvalue weighted by molar-refractivity contribution is -0.384. The summed E-state index contributed by atoms with van der Waals surface area (Å²) in [5, 5.41) is 18.4. The van der Waals surface area contributed by atoms with Crippen molar-refractivity contribution in [3.05, 3.63) is 51.6 Å². The van der Waals surface area contributed by atoms with Gasteiger partial charge in [-0.25, -0.2) is 8.42 Å². The number of aromatic nitrogens is 3. The quantitative estimate of drug-likeness (QED) is 0.573. The number of rotatable bonds is 6. The highest BCUT2D eigenvalue weighted by Gasteiger charge is 2.21. The van der Waals surface area contributed by atoms with Crippen LogP contribution in [0.3, 0.4) is 0 Å². The lowest BCUT2D eigenvalue weighted by Crippen LogP contribution is -2.29. The zero-order valence-corrected chi connectivity index (χ0v) is 13.8. The Hall–Kier alpha value is -2.33. The zero-order valence-electron chi connectivity index (χ0n) is 13.0. The van der Waals surface area contributed by atoms with Gasteiger partial charge in [0.15, 0.2) is 0 Å². The first kappa shape index (κ1) is 17.0. The van der Waals surface area contributed by atoms with Gasteiger partial charge in [0.05, 0.1) is 17.2 Å². The van der Waals surface area contributed by atoms with Crippen LogP contribution in [-0.2, 0) is 29.4 Å². The minimum Gasteiger partial charge on any atom is -0.317 e. The van der Waals surface area contributed by atoms with E-state index >= 15 is 0 Å². The summed E-state index contributed by atoms with van der Waals surface area (Å²) in [6, 6.07) is 5.46. The molecule has 1 heterocycles. The molecule has 124 valence electrons. The van der Waals surface area contributed by atoms with Crippen LogP contribution in [-0.4, -0.2) is 39.5 Å². The average molecular weight is 339 g/mol. The fourth-order valence-electron chi connectivity index (χ4n) is 1.92. The first-order valence-electron chi connectivity index (χ1n) is 6.73. The summed E-state index contributed by atoms with van der Waals surface area (Å²) >= 11 is 0. The highest BCUT2D eigenvalue weighted by molar-refractivity contribution is 7.88. The number of non-ortho nitro benzene ring substituents is 1. The third-order valence-electron chi connectivity index (χ3n) is 3.52. The lowest BCUT2D eigenvalue weighted by atomic mass is 10.2. The van der Waals surface area contributed by atoms with Crippen LogP contribution in [0.5, 0.6) is 0 Å². The zero-order chi connectivity index (χ0) is 17.2. The Labute approximate surface area is 133 Å². The first-order valence-corrected chi connectivity index (χ1v) is 8.34. The van der Waals surface area contributed by atoms with E-state index in [4.69, 9.17) is 0 Å². The van der Waals surface area contributed by atoms with E-state index in [1.165, 1.54) is 35.6 Å². The standard InChI is InChI=1S/C13H17N5O4S/c1-10-14-15-13(17(10)3)8-16(2)23(21,22)9-11-4-6-12(7-5-11)18(19)20/h4-7H,8-9H2,1-3H3. The van der Waals surface area contributed by atoms with Gasteiger partial charge in [0.25, 0.3) is 5.69 Å². The van der Waals surface area contributed by atoms with E-state index in [1.54, 1.807) is 18.5 Å². The summed E-state index contributed by atoms with van der Waals surface area (Å²) in [5.74, 6) is 0.997. The second kappa shape index (κ2) is 6.42. The number of sulfonamides is 1. The molecule has 23 heavy (non-hydrogen) atoms. The fraction of sp³-hybridized carbons (Fsp3) is 0.385. The van der Waals surface area contributed by atoms with E-state index in [1.807, 2.05) is 0 Å². The van der Waals surface area contributed by atoms with E-state index in [9.17, 15) is 18.5 Å². The molecule has 9 nitrogen and oxygen atoms in total. The first-order chi connectivity index (χ1) is 10.7. The molecule has 2 aromatic rings. The SMILES string of the molecule is Cc1nnc(CN(C)S(=O)(=O)Cc2ccc([N+](=O)[O-])cc2)n1C. The van der Waals surface area contributed by atoms with Crippen molar-refractivity contribution in [3.63, 3.8) is 0 Å². The topological polar surface area (TPSA) is 111 Å². The maximum atomic E-state index is 12.4. The predicted molar refractivity (Wildman–Crippen MR) is 82.9 cm³/mol. The summed E-state index contributed by atoms with van der Waals surface area (Å²) in [5.41, 5.74) is 0.408. The second-order valence-corrected chi connectivity index (χ2v) is 7.23. The summed E-state index contributed by atoms with van der Waals surface area (Å²) in [7, 11) is -0.341. The molecule has 0 saturated heterocycles. The molecule has 1 aromatic heterocycles. The van der Waals surface area contributed by atoms with Crippen LogP contribution in [0.25, 0.3) is 0 Å². The lowest BCUT2D eigenvalue weighted by Gasteiger charge is -2.16. The molecule has 0 aliphatic rings. The Morgan fingerprint density at radius 3 is 2.35 bits per heavy atom. The highest BCUT2D eigenvalue weighted by atomic mass is 32.2. The number of nitro groups is 1. The minimum absolute atomic E-state index is 0.0749. The van der Waals surface area contributed by atoms with Gasteiger partial charge in [-0.1, -0.05) is 12.1 Å². The van der Waals surface area contributed by atoms with E-state index in [-0.39, 0.29) is 18.0 Å². The molecule has 1 aromatic carbocycles. The molecular formula is C13H17N5O4S. The molecule has 0 aliphatic carbocycles. The Bertz CT molecular complexity index is 813. The molecule has 0 bridgehead atoms. The molecule has 0 aliphatic heterocycles. The van der Waals surface area contributed by atoms with Crippen molar-refractivity contribution >= 4 is 15.7 Å². The molecule has 0 saturated carbocycles. The van der Waals surface area contributed by atoms with Gasteiger partial charge in [0.1, 0.15) is 11.6 Å². The van der Waals surface area contributed by atoms with Gasteiger partial charge in [-0.3, -0.25) is 10.1 Å². The van der Waals surface area contributed by atoms with Crippen molar-refractivity contribution in [3.8, 4) is 0 Å². The molecule has 0 atom stereocenters. The monoisotopic (exact) mass is 339 g/mol. The summed E-state index contributed by atoms with van der Waals surface area (Å²) < 4.78 is 27.7. The van der Waals surface area contributed by atoms with Crippen molar-refractivity contribution in [1.29, 1.82) is 0 Å². The molecule has 0 radical (unpaired) electrons. The molecule has 10 heteroatoms. The molecule has 0 N–H and O–H groups in total. The van der Waals surface area contributed by atoms with Crippen LogP contribution in [0.4, 0.5) is 5.69 Å². The van der Waals surface area contributed by atoms with Gasteiger partial charge in [0, 0.05) is 26.2 Å². The number of hydrogen-bond donors (Lipinski definition) is 0. The van der Waals surface area contributed by atoms with Crippen LogP contribution < -0.4 is 0 Å². The average Bonchev–Trinajstić information content (AvgIpc) is 2.79. The van der Waals surface area contributed by atoms with Gasteiger partial charge in [-0.05, 0) is 12.5 Å². The van der Waals surface area contributed by atoms with Crippen molar-refractivity contribution < 1.29 is 13.3 Å². The number of nitrogens with zero attached hydrogens (tertiary/aromatic N) is 5. The Kier molecular flexibility index (Phi) is 4.76. The fourth-order valence-corrected chi connectivity index (χ4v) is 3.07.